The lowest BCUT2D eigenvalue weighted by atomic mass is 10.1. The lowest BCUT2D eigenvalue weighted by Gasteiger charge is -2.09. The maximum absolute atomic E-state index is 12.4. The van der Waals surface area contributed by atoms with Gasteiger partial charge in [-0.25, -0.2) is 0 Å². The molecule has 0 unspecified atom stereocenters. The van der Waals surface area contributed by atoms with E-state index in [1.54, 1.807) is 12.1 Å². The zero-order valence-corrected chi connectivity index (χ0v) is 12.8. The number of allylic oxidation sites excluding steroid dienone is 6. The Bertz CT molecular complexity index is 742. The van der Waals surface area contributed by atoms with E-state index in [1.165, 1.54) is 0 Å². The third kappa shape index (κ3) is 4.07. The van der Waals surface area contributed by atoms with Crippen molar-refractivity contribution in [2.75, 3.05) is 0 Å². The maximum atomic E-state index is 12.4. The highest BCUT2D eigenvalue weighted by Crippen LogP contribution is 2.21. The quantitative estimate of drug-likeness (QED) is 0.569. The Kier molecular flexibility index (Phi) is 4.85. The predicted molar refractivity (Wildman–Crippen MR) is 92.5 cm³/mol. The van der Waals surface area contributed by atoms with Gasteiger partial charge in [0.2, 0.25) is 0 Å². The Balaban J connectivity index is 1.71. The van der Waals surface area contributed by atoms with Crippen molar-refractivity contribution in [3.63, 3.8) is 0 Å². The average molecular weight is 302 g/mol. The summed E-state index contributed by atoms with van der Waals surface area (Å²) in [6, 6.07) is 17.3. The topological polar surface area (TPSA) is 26.3 Å². The molecule has 0 saturated heterocycles. The van der Waals surface area contributed by atoms with Gasteiger partial charge in [0.25, 0.3) is 0 Å². The number of ether oxygens (including phenoxy) is 1. The molecule has 2 nitrogen and oxygen atoms in total. The van der Waals surface area contributed by atoms with Crippen molar-refractivity contribution in [1.82, 2.24) is 0 Å². The SMILES string of the molecule is O=C(C=CC1C=CC=C1)c1ccccc1OCc1ccccc1. The van der Waals surface area contributed by atoms with Crippen molar-refractivity contribution in [2.45, 2.75) is 6.61 Å². The van der Waals surface area contributed by atoms with Crippen LogP contribution in [-0.2, 0) is 6.61 Å². The van der Waals surface area contributed by atoms with Gasteiger partial charge in [0.05, 0.1) is 5.56 Å². The van der Waals surface area contributed by atoms with Crippen LogP contribution in [0.2, 0.25) is 0 Å². The normalized spacial score (nSPS) is 13.7. The smallest absolute Gasteiger partial charge is 0.189 e. The number of hydrogen-bond acceptors (Lipinski definition) is 2. The van der Waals surface area contributed by atoms with Crippen molar-refractivity contribution in [1.29, 1.82) is 0 Å². The highest BCUT2D eigenvalue weighted by molar-refractivity contribution is 6.06. The fourth-order valence-corrected chi connectivity index (χ4v) is 2.40. The molecule has 0 radical (unpaired) electrons. The standard InChI is InChI=1S/C21H18O2/c22-20(15-14-17-8-4-5-9-17)19-12-6-7-13-21(19)23-16-18-10-2-1-3-11-18/h1-15,17H,16H2. The Morgan fingerprint density at radius 2 is 1.65 bits per heavy atom. The van der Waals surface area contributed by atoms with Gasteiger partial charge in [-0.15, -0.1) is 0 Å². The molecule has 1 aliphatic rings. The first kappa shape index (κ1) is 15.0. The van der Waals surface area contributed by atoms with Crippen molar-refractivity contribution < 1.29 is 9.53 Å². The first-order chi connectivity index (χ1) is 11.3. The van der Waals surface area contributed by atoms with Gasteiger partial charge in [0, 0.05) is 5.92 Å². The van der Waals surface area contributed by atoms with Gasteiger partial charge < -0.3 is 4.74 Å². The molecule has 0 N–H and O–H groups in total. The lowest BCUT2D eigenvalue weighted by molar-refractivity contribution is 0.104. The molecule has 0 amide bonds. The Morgan fingerprint density at radius 1 is 0.957 bits per heavy atom. The molecular weight excluding hydrogens is 284 g/mol. The van der Waals surface area contributed by atoms with Crippen LogP contribution in [0.3, 0.4) is 0 Å². The van der Waals surface area contributed by atoms with E-state index in [-0.39, 0.29) is 11.7 Å². The number of ketones is 1. The zero-order valence-electron chi connectivity index (χ0n) is 12.8. The van der Waals surface area contributed by atoms with E-state index < -0.39 is 0 Å². The van der Waals surface area contributed by atoms with E-state index >= 15 is 0 Å². The second kappa shape index (κ2) is 7.41. The van der Waals surface area contributed by atoms with E-state index in [2.05, 4.69) is 0 Å². The van der Waals surface area contributed by atoms with Gasteiger partial charge in [0.15, 0.2) is 5.78 Å². The molecular formula is C21H18O2. The third-order valence-electron chi connectivity index (χ3n) is 3.64. The molecule has 0 aliphatic heterocycles. The molecule has 114 valence electrons. The minimum atomic E-state index is -0.0395. The minimum Gasteiger partial charge on any atom is -0.488 e. The van der Waals surface area contributed by atoms with Gasteiger partial charge in [0.1, 0.15) is 12.4 Å². The molecule has 0 saturated carbocycles. The number of hydrogen-bond donors (Lipinski definition) is 0. The third-order valence-corrected chi connectivity index (χ3v) is 3.64. The monoisotopic (exact) mass is 302 g/mol. The Hall–Kier alpha value is -2.87. The van der Waals surface area contributed by atoms with Gasteiger partial charge in [-0.05, 0) is 23.8 Å². The minimum absolute atomic E-state index is 0.0395. The summed E-state index contributed by atoms with van der Waals surface area (Å²) in [5, 5.41) is 0. The Labute approximate surface area is 136 Å². The summed E-state index contributed by atoms with van der Waals surface area (Å²) in [6.45, 7) is 0.447. The van der Waals surface area contributed by atoms with Crippen molar-refractivity contribution in [3.8, 4) is 5.75 Å². The number of rotatable bonds is 6. The van der Waals surface area contributed by atoms with E-state index in [4.69, 9.17) is 4.74 Å². The number of carbonyl (C=O) groups excluding carboxylic acids is 1. The van der Waals surface area contributed by atoms with E-state index in [9.17, 15) is 4.79 Å². The second-order valence-corrected chi connectivity index (χ2v) is 5.34. The highest BCUT2D eigenvalue weighted by Gasteiger charge is 2.10. The zero-order chi connectivity index (χ0) is 15.9. The number of carbonyl (C=O) groups is 1. The van der Waals surface area contributed by atoms with Crippen LogP contribution in [0.5, 0.6) is 5.75 Å². The van der Waals surface area contributed by atoms with Gasteiger partial charge in [-0.2, -0.15) is 0 Å². The van der Waals surface area contributed by atoms with Crippen molar-refractivity contribution in [3.05, 3.63) is 102 Å². The molecule has 2 aromatic rings. The Morgan fingerprint density at radius 3 is 2.43 bits per heavy atom. The van der Waals surface area contributed by atoms with Crippen LogP contribution in [0, 0.1) is 5.92 Å². The molecule has 0 fully saturated rings. The second-order valence-electron chi connectivity index (χ2n) is 5.34. The maximum Gasteiger partial charge on any atom is 0.189 e. The van der Waals surface area contributed by atoms with Crippen LogP contribution in [0.1, 0.15) is 15.9 Å². The molecule has 0 heterocycles. The van der Waals surface area contributed by atoms with Crippen LogP contribution < -0.4 is 4.74 Å². The molecule has 2 heteroatoms. The van der Waals surface area contributed by atoms with E-state index in [0.717, 1.165) is 5.56 Å². The molecule has 0 atom stereocenters. The summed E-state index contributed by atoms with van der Waals surface area (Å²) in [4.78, 5) is 12.4. The van der Waals surface area contributed by atoms with Crippen LogP contribution in [0.15, 0.2) is 91.1 Å². The predicted octanol–water partition coefficient (Wildman–Crippen LogP) is 4.75. The van der Waals surface area contributed by atoms with Gasteiger partial charge in [-0.1, -0.05) is 72.8 Å². The molecule has 1 aliphatic carbocycles. The first-order valence-corrected chi connectivity index (χ1v) is 7.66. The number of para-hydroxylation sites is 1. The fraction of sp³-hybridized carbons (Fsp3) is 0.0952. The van der Waals surface area contributed by atoms with Crippen molar-refractivity contribution >= 4 is 5.78 Å². The lowest BCUT2D eigenvalue weighted by Crippen LogP contribution is -2.02. The molecule has 0 spiro atoms. The van der Waals surface area contributed by atoms with E-state index in [1.807, 2.05) is 78.9 Å². The van der Waals surface area contributed by atoms with Gasteiger partial charge in [-0.3, -0.25) is 4.79 Å². The average Bonchev–Trinajstić information content (AvgIpc) is 3.12. The summed E-state index contributed by atoms with van der Waals surface area (Å²) in [6.07, 6.45) is 11.6. The fourth-order valence-electron chi connectivity index (χ4n) is 2.40. The van der Waals surface area contributed by atoms with Crippen LogP contribution in [0.25, 0.3) is 0 Å². The molecule has 3 rings (SSSR count). The largest absolute Gasteiger partial charge is 0.488 e. The summed E-state index contributed by atoms with van der Waals surface area (Å²) >= 11 is 0. The van der Waals surface area contributed by atoms with Crippen LogP contribution in [-0.4, -0.2) is 5.78 Å². The molecule has 0 aromatic heterocycles. The molecule has 0 bridgehead atoms. The first-order valence-electron chi connectivity index (χ1n) is 7.66. The molecule has 23 heavy (non-hydrogen) atoms. The summed E-state index contributed by atoms with van der Waals surface area (Å²) < 4.78 is 5.83. The number of benzene rings is 2. The molecule has 2 aromatic carbocycles. The van der Waals surface area contributed by atoms with Gasteiger partial charge >= 0.3 is 0 Å². The summed E-state index contributed by atoms with van der Waals surface area (Å²) in [7, 11) is 0. The van der Waals surface area contributed by atoms with E-state index in [0.29, 0.717) is 17.9 Å². The summed E-state index contributed by atoms with van der Waals surface area (Å²) in [5.74, 6) is 0.780. The highest BCUT2D eigenvalue weighted by atomic mass is 16.5. The summed E-state index contributed by atoms with van der Waals surface area (Å²) in [5.41, 5.74) is 1.66. The van der Waals surface area contributed by atoms with Crippen LogP contribution in [0.4, 0.5) is 0 Å². The van der Waals surface area contributed by atoms with Crippen LogP contribution >= 0.6 is 0 Å². The van der Waals surface area contributed by atoms with Crippen molar-refractivity contribution in [2.24, 2.45) is 5.92 Å².